The van der Waals surface area contributed by atoms with Gasteiger partial charge in [0.05, 0.1) is 5.69 Å². The van der Waals surface area contributed by atoms with E-state index in [0.717, 1.165) is 65.0 Å². The van der Waals surface area contributed by atoms with Crippen LogP contribution in [-0.2, 0) is 19.4 Å². The van der Waals surface area contributed by atoms with Crippen LogP contribution in [-0.4, -0.2) is 29.2 Å². The topological polar surface area (TPSA) is 54.3 Å². The number of Topliss-reactive ketones (excluding diaryl/α,β-unsaturated/α-hetero) is 2. The molecule has 0 bridgehead atoms. The number of carbonyl (C=O) groups is 2. The lowest BCUT2D eigenvalue weighted by atomic mass is 9.98. The number of aromatic nitrogens is 1. The zero-order valence-electron chi connectivity index (χ0n) is 23.8. The molecule has 3 aromatic carbocycles. The Labute approximate surface area is 237 Å². The molecular weight excluding hydrogens is 494 g/mol. The molecule has 0 aliphatic carbocycles. The average Bonchev–Trinajstić information content (AvgIpc) is 3.36. The predicted molar refractivity (Wildman–Crippen MR) is 164 cm³/mol. The number of benzene rings is 3. The fraction of sp³-hybridized carbons (Fsp3) is 0.314. The van der Waals surface area contributed by atoms with Crippen molar-refractivity contribution in [3.05, 3.63) is 113 Å². The van der Waals surface area contributed by atoms with Crippen molar-refractivity contribution in [1.29, 1.82) is 0 Å². The molecule has 1 aromatic heterocycles. The van der Waals surface area contributed by atoms with E-state index in [9.17, 15) is 9.59 Å². The maximum absolute atomic E-state index is 12.9. The second-order valence-corrected chi connectivity index (χ2v) is 11.0. The Morgan fingerprint density at radius 2 is 1.30 bits per heavy atom. The molecule has 0 spiro atoms. The summed E-state index contributed by atoms with van der Waals surface area (Å²) in [7, 11) is 0. The summed E-state index contributed by atoms with van der Waals surface area (Å²) >= 11 is 0. The van der Waals surface area contributed by atoms with Crippen molar-refractivity contribution in [1.82, 2.24) is 4.57 Å². The van der Waals surface area contributed by atoms with Crippen molar-refractivity contribution in [3.63, 3.8) is 0 Å². The van der Waals surface area contributed by atoms with Crippen LogP contribution in [0.1, 0.15) is 64.4 Å². The maximum atomic E-state index is 12.9. The molecule has 1 N–H and O–H groups in total. The molecule has 0 radical (unpaired) electrons. The van der Waals surface area contributed by atoms with Crippen LogP contribution < -0.4 is 10.2 Å². The van der Waals surface area contributed by atoms with Crippen LogP contribution >= 0.6 is 0 Å². The zero-order valence-corrected chi connectivity index (χ0v) is 23.8. The molecule has 1 aliphatic rings. The highest BCUT2D eigenvalue weighted by atomic mass is 16.1. The zero-order chi connectivity index (χ0) is 28.1. The van der Waals surface area contributed by atoms with Gasteiger partial charge < -0.3 is 14.8 Å². The average molecular weight is 534 g/mol. The monoisotopic (exact) mass is 533 g/mol. The highest BCUT2D eigenvalue weighted by molar-refractivity contribution is 5.98. The van der Waals surface area contributed by atoms with Crippen molar-refractivity contribution in [3.8, 4) is 0 Å². The Balaban J connectivity index is 1.13. The predicted octanol–water partition coefficient (Wildman–Crippen LogP) is 7.65. The molecule has 0 amide bonds. The fourth-order valence-electron chi connectivity index (χ4n) is 5.50. The number of nitrogens with zero attached hydrogens (tertiary/aromatic N) is 2. The van der Waals surface area contributed by atoms with Gasteiger partial charge in [0.1, 0.15) is 0 Å². The highest BCUT2D eigenvalue weighted by Gasteiger charge is 2.17. The van der Waals surface area contributed by atoms with E-state index in [1.807, 2.05) is 79.7 Å². The molecule has 2 heterocycles. The Morgan fingerprint density at radius 3 is 1.85 bits per heavy atom. The van der Waals surface area contributed by atoms with E-state index in [2.05, 4.69) is 40.8 Å². The molecule has 0 unspecified atom stereocenters. The number of anilines is 3. The summed E-state index contributed by atoms with van der Waals surface area (Å²) in [5.74, 6) is 1.06. The van der Waals surface area contributed by atoms with Gasteiger partial charge in [-0.2, -0.15) is 0 Å². The first kappa shape index (κ1) is 27.4. The van der Waals surface area contributed by atoms with Gasteiger partial charge in [0, 0.05) is 60.8 Å². The minimum atomic E-state index is 0.131. The number of hydrogen-bond acceptors (Lipinski definition) is 4. The molecule has 40 heavy (non-hydrogen) atoms. The van der Waals surface area contributed by atoms with Crippen molar-refractivity contribution in [2.75, 3.05) is 23.3 Å². The van der Waals surface area contributed by atoms with Gasteiger partial charge in [-0.3, -0.25) is 9.59 Å². The van der Waals surface area contributed by atoms with E-state index in [1.165, 1.54) is 18.5 Å². The number of carbonyl (C=O) groups excluding carboxylic acids is 2. The summed E-state index contributed by atoms with van der Waals surface area (Å²) < 4.78 is 2.06. The highest BCUT2D eigenvalue weighted by Crippen LogP contribution is 2.24. The molecule has 0 saturated carbocycles. The summed E-state index contributed by atoms with van der Waals surface area (Å²) in [5.41, 5.74) is 7.73. The first-order valence-corrected chi connectivity index (χ1v) is 14.4. The molecule has 1 aliphatic heterocycles. The Hall–Kier alpha value is -4.12. The van der Waals surface area contributed by atoms with Gasteiger partial charge in [-0.05, 0) is 104 Å². The molecule has 1 saturated heterocycles. The van der Waals surface area contributed by atoms with Crippen LogP contribution in [0.15, 0.2) is 84.9 Å². The second-order valence-electron chi connectivity index (χ2n) is 11.0. The van der Waals surface area contributed by atoms with Crippen molar-refractivity contribution >= 4 is 28.6 Å². The Bertz CT molecular complexity index is 1440. The first-order valence-electron chi connectivity index (χ1n) is 14.4. The smallest absolute Gasteiger partial charge is 0.183 e. The normalized spacial score (nSPS) is 13.8. The van der Waals surface area contributed by atoms with E-state index in [-0.39, 0.29) is 11.6 Å². The van der Waals surface area contributed by atoms with Gasteiger partial charge in [0.2, 0.25) is 0 Å². The third kappa shape index (κ3) is 6.53. The lowest BCUT2D eigenvalue weighted by molar-refractivity contribution is 0.0979. The Morgan fingerprint density at radius 1 is 0.750 bits per heavy atom. The van der Waals surface area contributed by atoms with Gasteiger partial charge in [0.15, 0.2) is 11.6 Å². The molecular formula is C35H39N3O2. The Kier molecular flexibility index (Phi) is 8.49. The maximum Gasteiger partial charge on any atom is 0.183 e. The first-order chi connectivity index (χ1) is 19.4. The standard InChI is InChI=1S/C35H39N3O2/c1-4-38-26(3)5-18-33(38)35(40)24-28-8-14-31(15-9-28)36-30-12-6-27(7-13-30)23-34(39)29-10-16-32(17-11-29)37-21-19-25(2)20-22-37/h5-18,25,36H,4,19-24H2,1-3H3. The number of ketones is 2. The van der Waals surface area contributed by atoms with Crippen LogP contribution in [0.4, 0.5) is 17.1 Å². The SMILES string of the molecule is CCn1c(C)ccc1C(=O)Cc1ccc(Nc2ccc(CC(=O)c3ccc(N4CCC(C)CC4)cc3)cc2)cc1. The van der Waals surface area contributed by atoms with E-state index in [0.29, 0.717) is 12.8 Å². The number of rotatable bonds is 10. The van der Waals surface area contributed by atoms with Crippen LogP contribution in [0.25, 0.3) is 0 Å². The van der Waals surface area contributed by atoms with Gasteiger partial charge >= 0.3 is 0 Å². The molecule has 4 aromatic rings. The van der Waals surface area contributed by atoms with Gasteiger partial charge in [-0.25, -0.2) is 0 Å². The van der Waals surface area contributed by atoms with Crippen molar-refractivity contribution < 1.29 is 9.59 Å². The number of nitrogens with one attached hydrogen (secondary N) is 1. The van der Waals surface area contributed by atoms with Crippen molar-refractivity contribution in [2.24, 2.45) is 5.92 Å². The summed E-state index contributed by atoms with van der Waals surface area (Å²) in [6.45, 7) is 9.38. The van der Waals surface area contributed by atoms with E-state index in [4.69, 9.17) is 0 Å². The number of aryl methyl sites for hydroxylation is 1. The van der Waals surface area contributed by atoms with E-state index >= 15 is 0 Å². The molecule has 5 heteroatoms. The summed E-state index contributed by atoms with van der Waals surface area (Å²) in [4.78, 5) is 28.1. The van der Waals surface area contributed by atoms with Crippen LogP contribution in [0.3, 0.4) is 0 Å². The van der Waals surface area contributed by atoms with Crippen LogP contribution in [0, 0.1) is 12.8 Å². The third-order valence-electron chi connectivity index (χ3n) is 8.06. The largest absolute Gasteiger partial charge is 0.372 e. The van der Waals surface area contributed by atoms with Crippen molar-refractivity contribution in [2.45, 2.75) is 53.0 Å². The van der Waals surface area contributed by atoms with Gasteiger partial charge in [-0.15, -0.1) is 0 Å². The number of piperidine rings is 1. The van der Waals surface area contributed by atoms with Gasteiger partial charge in [0.25, 0.3) is 0 Å². The summed E-state index contributed by atoms with van der Waals surface area (Å²) in [6.07, 6.45) is 3.22. The quantitative estimate of drug-likeness (QED) is 0.213. The van der Waals surface area contributed by atoms with E-state index in [1.54, 1.807) is 0 Å². The minimum Gasteiger partial charge on any atom is -0.372 e. The lowest BCUT2D eigenvalue weighted by Gasteiger charge is -2.32. The summed E-state index contributed by atoms with van der Waals surface area (Å²) in [5, 5.41) is 3.41. The third-order valence-corrected chi connectivity index (χ3v) is 8.06. The van der Waals surface area contributed by atoms with E-state index < -0.39 is 0 Å². The van der Waals surface area contributed by atoms with Crippen LogP contribution in [0.5, 0.6) is 0 Å². The lowest BCUT2D eigenvalue weighted by Crippen LogP contribution is -2.32. The minimum absolute atomic E-state index is 0.131. The second kappa shape index (κ2) is 12.4. The summed E-state index contributed by atoms with van der Waals surface area (Å²) in [6, 6.07) is 28.0. The number of hydrogen-bond donors (Lipinski definition) is 1. The fourth-order valence-corrected chi connectivity index (χ4v) is 5.50. The molecule has 1 fully saturated rings. The van der Waals surface area contributed by atoms with Crippen LogP contribution in [0.2, 0.25) is 0 Å². The molecule has 0 atom stereocenters. The van der Waals surface area contributed by atoms with Gasteiger partial charge in [-0.1, -0.05) is 31.2 Å². The molecule has 206 valence electrons. The molecule has 5 nitrogen and oxygen atoms in total. The molecule has 5 rings (SSSR count).